The first-order chi connectivity index (χ1) is 25.8. The molecule has 0 bridgehead atoms. The molecule has 0 heterocycles. The van der Waals surface area contributed by atoms with Gasteiger partial charge in [0, 0.05) is 44.0 Å². The van der Waals surface area contributed by atoms with Gasteiger partial charge in [-0.1, -0.05) is 93.2 Å². The number of rotatable bonds is 14. The number of aryl methyl sites for hydroxylation is 2. The summed E-state index contributed by atoms with van der Waals surface area (Å²) in [6, 6.07) is 49.7. The quantitative estimate of drug-likeness (QED) is 0.0621. The summed E-state index contributed by atoms with van der Waals surface area (Å²) in [6.07, 6.45) is 10.3. The number of nitrogens with zero attached hydrogens (tertiary/aromatic N) is 2. The third-order valence-corrected chi connectivity index (χ3v) is 11.4. The zero-order chi connectivity index (χ0) is 37.0. The monoisotopic (exact) mass is 754 g/mol. The summed E-state index contributed by atoms with van der Waals surface area (Å²) < 4.78 is 1.07. The molecule has 0 aromatic heterocycles. The van der Waals surface area contributed by atoms with Crippen LogP contribution in [0.15, 0.2) is 163 Å². The zero-order valence-corrected chi connectivity index (χ0v) is 32.9. The van der Waals surface area contributed by atoms with Crippen LogP contribution in [0.25, 0.3) is 11.1 Å². The molecule has 0 aliphatic heterocycles. The van der Waals surface area contributed by atoms with E-state index in [1.807, 2.05) is 0 Å². The number of anilines is 6. The van der Waals surface area contributed by atoms with E-state index < -0.39 is 0 Å². The largest absolute Gasteiger partial charge is 0.310 e. The molecule has 0 spiro atoms. The average Bonchev–Trinajstić information content (AvgIpc) is 3.43. The van der Waals surface area contributed by atoms with Crippen LogP contribution in [-0.4, -0.2) is 7.85 Å². The van der Waals surface area contributed by atoms with Crippen molar-refractivity contribution >= 4 is 63.4 Å². The van der Waals surface area contributed by atoms with Crippen molar-refractivity contribution in [1.82, 2.24) is 0 Å². The molecule has 0 N–H and O–H groups in total. The van der Waals surface area contributed by atoms with Gasteiger partial charge in [0.05, 0.1) is 0 Å². The highest BCUT2D eigenvalue weighted by Gasteiger charge is 2.43. The zero-order valence-electron chi connectivity index (χ0n) is 31.3. The fourth-order valence-electron chi connectivity index (χ4n) is 8.08. The van der Waals surface area contributed by atoms with E-state index in [9.17, 15) is 0 Å². The minimum absolute atomic E-state index is 0.173. The molecule has 6 aromatic rings. The number of unbranched alkanes of at least 4 members (excludes halogenated alkanes) is 2. The van der Waals surface area contributed by atoms with E-state index in [0.717, 1.165) is 65.7 Å². The van der Waals surface area contributed by atoms with Crippen LogP contribution in [0, 0.1) is 13.8 Å². The Morgan fingerprint density at radius 2 is 0.887 bits per heavy atom. The summed E-state index contributed by atoms with van der Waals surface area (Å²) in [5.74, 6) is 0. The van der Waals surface area contributed by atoms with Crippen molar-refractivity contribution < 1.29 is 0 Å². The fourth-order valence-corrected chi connectivity index (χ4v) is 8.34. The van der Waals surface area contributed by atoms with Crippen molar-refractivity contribution in [2.45, 2.75) is 57.8 Å². The van der Waals surface area contributed by atoms with Crippen LogP contribution >= 0.6 is 15.9 Å². The van der Waals surface area contributed by atoms with Gasteiger partial charge in [-0.25, -0.2) is 0 Å². The Bertz CT molecular complexity index is 1950. The van der Waals surface area contributed by atoms with Crippen LogP contribution in [0.1, 0.15) is 60.8 Å². The van der Waals surface area contributed by atoms with E-state index >= 15 is 0 Å². The molecule has 6 aromatic carbocycles. The number of hydrogen-bond donors (Lipinski definition) is 0. The summed E-state index contributed by atoms with van der Waals surface area (Å²) in [7, 11) is 2.15. The number of allylic oxidation sites excluding steroid dienone is 2. The molecule has 2 nitrogen and oxygen atoms in total. The highest BCUT2D eigenvalue weighted by Crippen LogP contribution is 2.57. The van der Waals surface area contributed by atoms with Crippen LogP contribution in [0.4, 0.5) is 34.1 Å². The maximum atomic E-state index is 4.12. The van der Waals surface area contributed by atoms with Gasteiger partial charge in [0.2, 0.25) is 0 Å². The van der Waals surface area contributed by atoms with Gasteiger partial charge in [-0.05, 0) is 160 Å². The van der Waals surface area contributed by atoms with Crippen LogP contribution in [0.2, 0.25) is 0 Å². The molecule has 264 valence electrons. The maximum Gasteiger partial charge on any atom is 0.139 e. The molecule has 1 aliphatic carbocycles. The highest BCUT2D eigenvalue weighted by atomic mass is 79.9. The third-order valence-electron chi connectivity index (χ3n) is 10.8. The van der Waals surface area contributed by atoms with Gasteiger partial charge in [0.1, 0.15) is 7.85 Å². The van der Waals surface area contributed by atoms with Crippen LogP contribution in [0.3, 0.4) is 0 Å². The third kappa shape index (κ3) is 7.43. The Morgan fingerprint density at radius 3 is 1.28 bits per heavy atom. The van der Waals surface area contributed by atoms with Gasteiger partial charge in [0.25, 0.3) is 0 Å². The first-order valence-corrected chi connectivity index (χ1v) is 19.7. The van der Waals surface area contributed by atoms with Crippen molar-refractivity contribution in [1.29, 1.82) is 0 Å². The predicted octanol–water partition coefficient (Wildman–Crippen LogP) is 13.2. The van der Waals surface area contributed by atoms with E-state index in [1.165, 1.54) is 50.2 Å². The van der Waals surface area contributed by atoms with Gasteiger partial charge in [-0.2, -0.15) is 0 Å². The fraction of sp³-hybridized carbons (Fsp3) is 0.184. The number of hydrogen-bond acceptors (Lipinski definition) is 2. The second kappa shape index (κ2) is 15.9. The van der Waals surface area contributed by atoms with Crippen LogP contribution < -0.4 is 15.3 Å². The lowest BCUT2D eigenvalue weighted by atomic mass is 9.70. The summed E-state index contributed by atoms with van der Waals surface area (Å²) in [4.78, 5) is 4.81. The molecular formula is C49H48BBrN2. The van der Waals surface area contributed by atoms with E-state index in [-0.39, 0.29) is 5.41 Å². The molecule has 7 rings (SSSR count). The molecule has 53 heavy (non-hydrogen) atoms. The Kier molecular flexibility index (Phi) is 10.9. The number of halogens is 1. The van der Waals surface area contributed by atoms with E-state index in [0.29, 0.717) is 0 Å². The average molecular weight is 756 g/mol. The van der Waals surface area contributed by atoms with E-state index in [2.05, 4.69) is 206 Å². The van der Waals surface area contributed by atoms with Gasteiger partial charge in [-0.15, -0.1) is 13.2 Å². The van der Waals surface area contributed by atoms with E-state index in [1.54, 1.807) is 0 Å². The van der Waals surface area contributed by atoms with Gasteiger partial charge in [-0.3, -0.25) is 0 Å². The SMILES string of the molecule is Bc1ccc(N(c2ccc(C)cc2)c2ccc3c(c2)C(CCCC=C)(CCCC=C)c2cc(N(c4ccc(C)cc4)c4ccc(Br)cc4)ccc2-3)cc1. The molecule has 0 amide bonds. The van der Waals surface area contributed by atoms with Crippen molar-refractivity contribution in [2.24, 2.45) is 0 Å². The Morgan fingerprint density at radius 1 is 0.528 bits per heavy atom. The topological polar surface area (TPSA) is 6.48 Å². The highest BCUT2D eigenvalue weighted by molar-refractivity contribution is 9.10. The van der Waals surface area contributed by atoms with Gasteiger partial charge in [0.15, 0.2) is 0 Å². The van der Waals surface area contributed by atoms with Crippen LogP contribution in [-0.2, 0) is 5.41 Å². The predicted molar refractivity (Wildman–Crippen MR) is 235 cm³/mol. The number of fused-ring (bicyclic) bond motifs is 3. The summed E-state index contributed by atoms with van der Waals surface area (Å²) in [5.41, 5.74) is 16.0. The standard InChI is InChI=1S/C49H48BBrN2/c1-5-7-9-31-49(32-10-8-6-2)47-33-43(52(39-19-11-35(3)12-20-39)41-23-15-37(50)16-24-41)27-29-45(47)46-30-28-44(34-48(46)49)53(40-21-13-36(4)14-22-40)42-25-17-38(51)18-26-42/h5-6,11-30,33-34H,1-2,7-10,31-32,50H2,3-4H3. The van der Waals surface area contributed by atoms with E-state index in [4.69, 9.17) is 0 Å². The molecule has 0 atom stereocenters. The first kappa shape index (κ1) is 36.3. The normalized spacial score (nSPS) is 12.5. The Hall–Kier alpha value is -5.06. The molecule has 0 fully saturated rings. The molecule has 1 aliphatic rings. The summed E-state index contributed by atoms with van der Waals surface area (Å²) in [5, 5.41) is 0. The lowest BCUT2D eigenvalue weighted by Crippen LogP contribution is -2.26. The lowest BCUT2D eigenvalue weighted by Gasteiger charge is -2.35. The minimum atomic E-state index is -0.173. The smallest absolute Gasteiger partial charge is 0.139 e. The summed E-state index contributed by atoms with van der Waals surface area (Å²) >= 11 is 3.66. The maximum absolute atomic E-state index is 4.12. The molecule has 0 saturated heterocycles. The lowest BCUT2D eigenvalue weighted by molar-refractivity contribution is 0.422. The van der Waals surface area contributed by atoms with Crippen molar-refractivity contribution in [2.75, 3.05) is 9.80 Å². The summed E-state index contributed by atoms with van der Waals surface area (Å²) in [6.45, 7) is 12.5. The second-order valence-electron chi connectivity index (χ2n) is 14.6. The molecular weight excluding hydrogens is 707 g/mol. The van der Waals surface area contributed by atoms with Crippen molar-refractivity contribution in [3.8, 4) is 11.1 Å². The Balaban J connectivity index is 1.43. The molecule has 0 unspecified atom stereocenters. The van der Waals surface area contributed by atoms with Crippen molar-refractivity contribution in [3.63, 3.8) is 0 Å². The van der Waals surface area contributed by atoms with Crippen LogP contribution in [0.5, 0.6) is 0 Å². The Labute approximate surface area is 326 Å². The van der Waals surface area contributed by atoms with Gasteiger partial charge >= 0.3 is 0 Å². The van der Waals surface area contributed by atoms with Crippen molar-refractivity contribution in [3.05, 3.63) is 185 Å². The van der Waals surface area contributed by atoms with Gasteiger partial charge < -0.3 is 9.80 Å². The first-order valence-electron chi connectivity index (χ1n) is 18.9. The second-order valence-corrected chi connectivity index (χ2v) is 15.5. The molecule has 0 saturated carbocycles. The molecule has 0 radical (unpaired) electrons. The number of benzene rings is 6. The molecule has 4 heteroatoms. The minimum Gasteiger partial charge on any atom is -0.310 e.